The lowest BCUT2D eigenvalue weighted by molar-refractivity contribution is -0.124. The number of nitrogens with one attached hydrogen (secondary N) is 2. The van der Waals surface area contributed by atoms with Gasteiger partial charge in [0, 0.05) is 37.1 Å². The molecule has 32 heavy (non-hydrogen) atoms. The maximum atomic E-state index is 12.9. The number of amides is 4. The second kappa shape index (κ2) is 11.2. The smallest absolute Gasteiger partial charge is 0.316 e. The van der Waals surface area contributed by atoms with E-state index in [9.17, 15) is 14.4 Å². The van der Waals surface area contributed by atoms with Crippen LogP contribution in [-0.2, 0) is 17.9 Å². The number of carbonyl (C=O) groups is 3. The molecule has 4 amide bonds. The van der Waals surface area contributed by atoms with Gasteiger partial charge in [0.2, 0.25) is 0 Å². The molecule has 8 heteroatoms. The lowest BCUT2D eigenvalue weighted by Gasteiger charge is -2.23. The van der Waals surface area contributed by atoms with Gasteiger partial charge in [-0.05, 0) is 41.0 Å². The minimum absolute atomic E-state index is 0.254. The third-order valence-electron chi connectivity index (χ3n) is 4.53. The molecule has 0 aliphatic carbocycles. The summed E-state index contributed by atoms with van der Waals surface area (Å²) >= 11 is 0. The predicted molar refractivity (Wildman–Crippen MR) is 118 cm³/mol. The maximum Gasteiger partial charge on any atom is 0.324 e. The molecular formula is C24H22N4O4. The molecule has 3 N–H and O–H groups in total. The average Bonchev–Trinajstić information content (AvgIpc) is 2.84. The van der Waals surface area contributed by atoms with Crippen LogP contribution in [0, 0.1) is 0 Å². The lowest BCUT2D eigenvalue weighted by Crippen LogP contribution is -2.42. The summed E-state index contributed by atoms with van der Waals surface area (Å²) in [5.74, 6) is -1.11. The third kappa shape index (κ3) is 6.61. The van der Waals surface area contributed by atoms with Crippen LogP contribution in [-0.4, -0.2) is 32.9 Å². The summed E-state index contributed by atoms with van der Waals surface area (Å²) in [6.45, 7) is 0.518. The Bertz CT molecular complexity index is 1080. The van der Waals surface area contributed by atoms with Crippen LogP contribution in [0.4, 0.5) is 4.79 Å². The van der Waals surface area contributed by atoms with Gasteiger partial charge in [0.15, 0.2) is 0 Å². The van der Waals surface area contributed by atoms with Gasteiger partial charge in [-0.2, -0.15) is 0 Å². The summed E-state index contributed by atoms with van der Waals surface area (Å²) in [4.78, 5) is 42.0. The van der Waals surface area contributed by atoms with Crippen LogP contribution in [0.15, 0.2) is 85.2 Å². The Morgan fingerprint density at radius 2 is 1.62 bits per heavy atom. The first kappa shape index (κ1) is 22.4. The minimum Gasteiger partial charge on any atom is -0.316 e. The zero-order valence-corrected chi connectivity index (χ0v) is 17.1. The normalized spacial score (nSPS) is 10.5. The molecule has 8 nitrogen and oxygen atoms in total. The summed E-state index contributed by atoms with van der Waals surface area (Å²) in [6.07, 6.45) is 6.07. The number of hydrogen-bond donors (Lipinski definition) is 3. The van der Waals surface area contributed by atoms with E-state index in [1.54, 1.807) is 67.0 Å². The standard InChI is InChI=1S/C24H22N4O4/c29-22(27-32)13-12-18-8-10-19(11-9-18)16-28(17-20-5-4-14-25-15-20)24(31)26-23(30)21-6-2-1-3-7-21/h1-15,32H,16-17H2,(H,27,29)(H,26,30,31)/b13-12+. The molecule has 2 aromatic carbocycles. The number of rotatable bonds is 7. The zero-order chi connectivity index (χ0) is 22.8. The van der Waals surface area contributed by atoms with Gasteiger partial charge in [0.1, 0.15) is 0 Å². The molecule has 0 aliphatic rings. The molecule has 3 aromatic rings. The molecule has 162 valence electrons. The van der Waals surface area contributed by atoms with Crippen molar-refractivity contribution in [3.63, 3.8) is 0 Å². The van der Waals surface area contributed by atoms with Crippen LogP contribution < -0.4 is 10.8 Å². The minimum atomic E-state index is -0.628. The molecule has 0 unspecified atom stereocenters. The van der Waals surface area contributed by atoms with Crippen molar-refractivity contribution in [3.8, 4) is 0 Å². The van der Waals surface area contributed by atoms with Crippen LogP contribution in [0.2, 0.25) is 0 Å². The quantitative estimate of drug-likeness (QED) is 0.303. The van der Waals surface area contributed by atoms with Crippen LogP contribution in [0.5, 0.6) is 0 Å². The van der Waals surface area contributed by atoms with Crippen molar-refractivity contribution >= 4 is 23.9 Å². The Kier molecular flexibility index (Phi) is 7.83. The first-order chi connectivity index (χ1) is 15.5. The highest BCUT2D eigenvalue weighted by Crippen LogP contribution is 2.12. The number of aromatic nitrogens is 1. The number of urea groups is 1. The van der Waals surface area contributed by atoms with Crippen molar-refractivity contribution in [1.29, 1.82) is 0 Å². The van der Waals surface area contributed by atoms with Gasteiger partial charge in [-0.3, -0.25) is 25.1 Å². The molecule has 0 aliphatic heterocycles. The van der Waals surface area contributed by atoms with E-state index in [2.05, 4.69) is 10.3 Å². The van der Waals surface area contributed by atoms with E-state index >= 15 is 0 Å². The third-order valence-corrected chi connectivity index (χ3v) is 4.53. The van der Waals surface area contributed by atoms with Crippen molar-refractivity contribution < 1.29 is 19.6 Å². The number of pyridine rings is 1. The van der Waals surface area contributed by atoms with Crippen LogP contribution in [0.25, 0.3) is 6.08 Å². The summed E-state index contributed by atoms with van der Waals surface area (Å²) in [5.41, 5.74) is 4.33. The molecule has 1 aromatic heterocycles. The molecule has 0 saturated carbocycles. The second-order valence-corrected chi connectivity index (χ2v) is 6.89. The number of imide groups is 1. The summed E-state index contributed by atoms with van der Waals surface area (Å²) in [7, 11) is 0. The number of hydrogen-bond acceptors (Lipinski definition) is 5. The van der Waals surface area contributed by atoms with E-state index < -0.39 is 17.8 Å². The highest BCUT2D eigenvalue weighted by Gasteiger charge is 2.18. The van der Waals surface area contributed by atoms with Crippen molar-refractivity contribution in [1.82, 2.24) is 20.7 Å². The van der Waals surface area contributed by atoms with Crippen LogP contribution >= 0.6 is 0 Å². The topological polar surface area (TPSA) is 112 Å². The largest absolute Gasteiger partial charge is 0.324 e. The SMILES string of the molecule is O=C(/C=C/c1ccc(CN(Cc2cccnc2)C(=O)NC(=O)c2ccccc2)cc1)NO. The summed E-state index contributed by atoms with van der Waals surface area (Å²) in [5, 5.41) is 11.0. The van der Waals surface area contributed by atoms with E-state index in [1.165, 1.54) is 16.5 Å². The number of carbonyl (C=O) groups excluding carboxylic acids is 3. The number of hydroxylamine groups is 1. The van der Waals surface area contributed by atoms with Crippen LogP contribution in [0.3, 0.4) is 0 Å². The first-order valence-electron chi connectivity index (χ1n) is 9.80. The summed E-state index contributed by atoms with van der Waals surface area (Å²) in [6, 6.07) is 18.8. The molecule has 0 atom stereocenters. The molecule has 0 saturated heterocycles. The van der Waals surface area contributed by atoms with Crippen molar-refractivity contribution in [2.24, 2.45) is 0 Å². The highest BCUT2D eigenvalue weighted by molar-refractivity contribution is 6.04. The predicted octanol–water partition coefficient (Wildman–Crippen LogP) is 3.15. The van der Waals surface area contributed by atoms with Gasteiger partial charge in [0.05, 0.1) is 0 Å². The van der Waals surface area contributed by atoms with E-state index in [0.29, 0.717) is 5.56 Å². The van der Waals surface area contributed by atoms with Gasteiger partial charge in [-0.25, -0.2) is 10.3 Å². The van der Waals surface area contributed by atoms with E-state index in [4.69, 9.17) is 5.21 Å². The van der Waals surface area contributed by atoms with E-state index in [1.807, 2.05) is 18.2 Å². The fourth-order valence-corrected chi connectivity index (χ4v) is 2.91. The Morgan fingerprint density at radius 3 is 2.28 bits per heavy atom. The Morgan fingerprint density at radius 1 is 0.906 bits per heavy atom. The van der Waals surface area contributed by atoms with Gasteiger partial charge < -0.3 is 4.90 Å². The van der Waals surface area contributed by atoms with E-state index in [-0.39, 0.29) is 13.1 Å². The fraction of sp³-hybridized carbons (Fsp3) is 0.0833. The van der Waals surface area contributed by atoms with Gasteiger partial charge in [-0.15, -0.1) is 0 Å². The molecule has 3 rings (SSSR count). The monoisotopic (exact) mass is 430 g/mol. The van der Waals surface area contributed by atoms with Crippen LogP contribution in [0.1, 0.15) is 27.0 Å². The zero-order valence-electron chi connectivity index (χ0n) is 17.1. The Hall–Kier alpha value is -4.30. The van der Waals surface area contributed by atoms with Gasteiger partial charge >= 0.3 is 6.03 Å². The molecule has 0 fully saturated rings. The summed E-state index contributed by atoms with van der Waals surface area (Å²) < 4.78 is 0. The fourth-order valence-electron chi connectivity index (χ4n) is 2.91. The van der Waals surface area contributed by atoms with E-state index in [0.717, 1.165) is 16.7 Å². The van der Waals surface area contributed by atoms with Gasteiger partial charge in [0.25, 0.3) is 11.8 Å². The number of nitrogens with zero attached hydrogens (tertiary/aromatic N) is 2. The Labute approximate surface area is 185 Å². The maximum absolute atomic E-state index is 12.9. The van der Waals surface area contributed by atoms with Crippen molar-refractivity contribution in [2.75, 3.05) is 0 Å². The van der Waals surface area contributed by atoms with Crippen molar-refractivity contribution in [3.05, 3.63) is 107 Å². The molecular weight excluding hydrogens is 408 g/mol. The number of benzene rings is 2. The molecule has 0 bridgehead atoms. The lowest BCUT2D eigenvalue weighted by atomic mass is 10.1. The molecule has 0 spiro atoms. The first-order valence-corrected chi connectivity index (χ1v) is 9.80. The molecule has 0 radical (unpaired) electrons. The van der Waals surface area contributed by atoms with Gasteiger partial charge in [-0.1, -0.05) is 48.5 Å². The Balaban J connectivity index is 1.74. The molecule has 1 heterocycles. The van der Waals surface area contributed by atoms with Crippen molar-refractivity contribution in [2.45, 2.75) is 13.1 Å². The second-order valence-electron chi connectivity index (χ2n) is 6.89. The average molecular weight is 430 g/mol. The highest BCUT2D eigenvalue weighted by atomic mass is 16.5.